The van der Waals surface area contributed by atoms with Crippen molar-refractivity contribution in [3.05, 3.63) is 29.6 Å². The Balaban J connectivity index is 1.77. The number of pyridine rings is 1. The molecule has 1 N–H and O–H groups in total. The number of likely N-dealkylation sites (tertiary alicyclic amines) is 1. The zero-order chi connectivity index (χ0) is 14.0. The molecule has 3 heterocycles. The zero-order valence-corrected chi connectivity index (χ0v) is 12.2. The highest BCUT2D eigenvalue weighted by molar-refractivity contribution is 5.95. The van der Waals surface area contributed by atoms with E-state index in [1.54, 1.807) is 6.20 Å². The van der Waals surface area contributed by atoms with Crippen molar-refractivity contribution in [1.29, 1.82) is 0 Å². The summed E-state index contributed by atoms with van der Waals surface area (Å²) in [6.45, 7) is 5.87. The molecule has 0 aliphatic carbocycles. The predicted octanol–water partition coefficient (Wildman–Crippen LogP) is 2.00. The summed E-state index contributed by atoms with van der Waals surface area (Å²) in [5, 5.41) is 3.51. The van der Waals surface area contributed by atoms with E-state index < -0.39 is 0 Å². The van der Waals surface area contributed by atoms with E-state index >= 15 is 0 Å². The Morgan fingerprint density at radius 2 is 2.25 bits per heavy atom. The van der Waals surface area contributed by atoms with Gasteiger partial charge in [0.1, 0.15) is 0 Å². The molecule has 1 aromatic rings. The summed E-state index contributed by atoms with van der Waals surface area (Å²) in [4.78, 5) is 19.0. The summed E-state index contributed by atoms with van der Waals surface area (Å²) in [6.07, 6.45) is 6.58. The lowest BCUT2D eigenvalue weighted by Crippen LogP contribution is -2.52. The Hall–Kier alpha value is -1.42. The van der Waals surface area contributed by atoms with Crippen molar-refractivity contribution >= 4 is 5.91 Å². The molecule has 1 unspecified atom stereocenters. The van der Waals surface area contributed by atoms with Crippen molar-refractivity contribution in [1.82, 2.24) is 15.2 Å². The fourth-order valence-corrected chi connectivity index (χ4v) is 3.64. The Kier molecular flexibility index (Phi) is 3.74. The van der Waals surface area contributed by atoms with Gasteiger partial charge in [-0.05, 0) is 51.3 Å². The quantitative estimate of drug-likeness (QED) is 0.851. The van der Waals surface area contributed by atoms with Gasteiger partial charge in [0.25, 0.3) is 5.91 Å². The lowest BCUT2D eigenvalue weighted by atomic mass is 9.74. The van der Waals surface area contributed by atoms with Crippen LogP contribution >= 0.6 is 0 Å². The Morgan fingerprint density at radius 1 is 1.40 bits per heavy atom. The number of piperidine rings is 2. The van der Waals surface area contributed by atoms with Gasteiger partial charge < -0.3 is 10.2 Å². The van der Waals surface area contributed by atoms with Crippen LogP contribution in [0, 0.1) is 12.3 Å². The Morgan fingerprint density at radius 3 is 3.00 bits per heavy atom. The molecule has 2 aliphatic heterocycles. The number of nitrogens with zero attached hydrogens (tertiary/aromatic N) is 2. The molecule has 1 spiro atoms. The number of carbonyl (C=O) groups excluding carboxylic acids is 1. The second kappa shape index (κ2) is 5.52. The number of aromatic nitrogens is 1. The van der Waals surface area contributed by atoms with Gasteiger partial charge in [0.05, 0.1) is 5.56 Å². The first-order valence-corrected chi connectivity index (χ1v) is 7.62. The summed E-state index contributed by atoms with van der Waals surface area (Å²) in [5.74, 6) is 0.153. The normalized spacial score (nSPS) is 26.8. The number of rotatable bonds is 1. The minimum Gasteiger partial charge on any atom is -0.338 e. The zero-order valence-electron chi connectivity index (χ0n) is 12.2. The van der Waals surface area contributed by atoms with Crippen LogP contribution < -0.4 is 5.32 Å². The van der Waals surface area contributed by atoms with Crippen LogP contribution in [-0.2, 0) is 0 Å². The lowest BCUT2D eigenvalue weighted by molar-refractivity contribution is 0.0433. The van der Waals surface area contributed by atoms with Crippen LogP contribution in [0.3, 0.4) is 0 Å². The molecule has 108 valence electrons. The number of carbonyl (C=O) groups is 1. The molecule has 0 saturated carbocycles. The highest BCUT2D eigenvalue weighted by atomic mass is 16.2. The Labute approximate surface area is 120 Å². The van der Waals surface area contributed by atoms with Gasteiger partial charge in [0.2, 0.25) is 0 Å². The van der Waals surface area contributed by atoms with Gasteiger partial charge in [-0.15, -0.1) is 0 Å². The third kappa shape index (κ3) is 2.57. The van der Waals surface area contributed by atoms with E-state index in [-0.39, 0.29) is 5.91 Å². The molecule has 0 aromatic carbocycles. The second-order valence-electron chi connectivity index (χ2n) is 6.25. The van der Waals surface area contributed by atoms with Crippen molar-refractivity contribution in [2.75, 3.05) is 26.2 Å². The molecule has 4 nitrogen and oxygen atoms in total. The maximum Gasteiger partial charge on any atom is 0.255 e. The van der Waals surface area contributed by atoms with Crippen molar-refractivity contribution < 1.29 is 4.79 Å². The van der Waals surface area contributed by atoms with E-state index in [1.165, 1.54) is 19.3 Å². The molecule has 0 bridgehead atoms. The van der Waals surface area contributed by atoms with Gasteiger partial charge in [-0.25, -0.2) is 0 Å². The molecule has 2 fully saturated rings. The molecular formula is C16H23N3O. The van der Waals surface area contributed by atoms with Gasteiger partial charge in [-0.2, -0.15) is 0 Å². The van der Waals surface area contributed by atoms with Gasteiger partial charge in [0.15, 0.2) is 0 Å². The maximum absolute atomic E-state index is 12.7. The predicted molar refractivity (Wildman–Crippen MR) is 78.6 cm³/mol. The average molecular weight is 273 g/mol. The van der Waals surface area contributed by atoms with Crippen LogP contribution in [0.25, 0.3) is 0 Å². The molecule has 1 amide bonds. The summed E-state index contributed by atoms with van der Waals surface area (Å²) in [7, 11) is 0. The number of hydrogen-bond donors (Lipinski definition) is 1. The first-order chi connectivity index (χ1) is 9.70. The van der Waals surface area contributed by atoms with Crippen LogP contribution in [0.15, 0.2) is 18.3 Å². The summed E-state index contributed by atoms with van der Waals surface area (Å²) < 4.78 is 0. The van der Waals surface area contributed by atoms with E-state index in [0.717, 1.165) is 43.9 Å². The van der Waals surface area contributed by atoms with Crippen molar-refractivity contribution in [2.45, 2.75) is 32.6 Å². The minimum atomic E-state index is 0.153. The highest BCUT2D eigenvalue weighted by Gasteiger charge is 2.38. The summed E-state index contributed by atoms with van der Waals surface area (Å²) >= 11 is 0. The van der Waals surface area contributed by atoms with Crippen molar-refractivity contribution in [3.63, 3.8) is 0 Å². The van der Waals surface area contributed by atoms with Gasteiger partial charge in [-0.3, -0.25) is 9.78 Å². The van der Waals surface area contributed by atoms with Crippen LogP contribution in [-0.4, -0.2) is 42.0 Å². The molecule has 2 aliphatic rings. The first kappa shape index (κ1) is 13.6. The lowest BCUT2D eigenvalue weighted by Gasteiger charge is -2.45. The topological polar surface area (TPSA) is 45.2 Å². The molecule has 3 rings (SSSR count). The molecule has 4 heteroatoms. The Bertz CT molecular complexity index is 489. The minimum absolute atomic E-state index is 0.153. The smallest absolute Gasteiger partial charge is 0.255 e. The molecule has 1 aromatic heterocycles. The second-order valence-corrected chi connectivity index (χ2v) is 6.25. The van der Waals surface area contributed by atoms with Gasteiger partial charge in [0, 0.05) is 36.9 Å². The number of nitrogens with one attached hydrogen (secondary N) is 1. The largest absolute Gasteiger partial charge is 0.338 e. The first-order valence-electron chi connectivity index (χ1n) is 7.62. The highest BCUT2D eigenvalue weighted by Crippen LogP contribution is 2.36. The fourth-order valence-electron chi connectivity index (χ4n) is 3.64. The number of aryl methyl sites for hydroxylation is 1. The molecular weight excluding hydrogens is 250 g/mol. The SMILES string of the molecule is Cc1ncccc1C(=O)N1CCCC2(CCCNC2)C1. The van der Waals surface area contributed by atoms with Crippen LogP contribution in [0.5, 0.6) is 0 Å². The summed E-state index contributed by atoms with van der Waals surface area (Å²) in [5.41, 5.74) is 1.90. The standard InChI is InChI=1S/C16H23N3O/c1-13-14(5-2-9-18-13)15(20)19-10-4-7-16(12-19)6-3-8-17-11-16/h2,5,9,17H,3-4,6-8,10-12H2,1H3. The van der Waals surface area contributed by atoms with Crippen LogP contribution in [0.1, 0.15) is 41.7 Å². The molecule has 2 saturated heterocycles. The number of amides is 1. The van der Waals surface area contributed by atoms with Crippen LogP contribution in [0.2, 0.25) is 0 Å². The number of hydrogen-bond acceptors (Lipinski definition) is 3. The third-order valence-corrected chi connectivity index (χ3v) is 4.75. The maximum atomic E-state index is 12.7. The van der Waals surface area contributed by atoms with Crippen LogP contribution in [0.4, 0.5) is 0 Å². The van der Waals surface area contributed by atoms with E-state index in [2.05, 4.69) is 10.3 Å². The van der Waals surface area contributed by atoms with Crippen molar-refractivity contribution in [2.24, 2.45) is 5.41 Å². The van der Waals surface area contributed by atoms with Crippen molar-refractivity contribution in [3.8, 4) is 0 Å². The van der Waals surface area contributed by atoms with Gasteiger partial charge >= 0.3 is 0 Å². The molecule has 20 heavy (non-hydrogen) atoms. The van der Waals surface area contributed by atoms with E-state index in [0.29, 0.717) is 5.41 Å². The summed E-state index contributed by atoms with van der Waals surface area (Å²) in [6, 6.07) is 3.74. The molecule has 0 radical (unpaired) electrons. The van der Waals surface area contributed by atoms with E-state index in [1.807, 2.05) is 24.0 Å². The third-order valence-electron chi connectivity index (χ3n) is 4.75. The van der Waals surface area contributed by atoms with E-state index in [9.17, 15) is 4.79 Å². The van der Waals surface area contributed by atoms with E-state index in [4.69, 9.17) is 0 Å². The fraction of sp³-hybridized carbons (Fsp3) is 0.625. The monoisotopic (exact) mass is 273 g/mol. The average Bonchev–Trinajstić information content (AvgIpc) is 2.48. The molecule has 1 atom stereocenters. The van der Waals surface area contributed by atoms with Gasteiger partial charge in [-0.1, -0.05) is 0 Å².